The van der Waals surface area contributed by atoms with Crippen molar-refractivity contribution in [3.05, 3.63) is 48.0 Å². The molecule has 4 rings (SSSR count). The monoisotopic (exact) mass is 387 g/mol. The first-order valence-electron chi connectivity index (χ1n) is 9.03. The number of benzene rings is 2. The van der Waals surface area contributed by atoms with E-state index in [1.807, 2.05) is 18.2 Å². The molecule has 0 saturated carbocycles. The van der Waals surface area contributed by atoms with Gasteiger partial charge in [-0.15, -0.1) is 0 Å². The van der Waals surface area contributed by atoms with Crippen molar-refractivity contribution in [2.24, 2.45) is 0 Å². The molecule has 0 unspecified atom stereocenters. The van der Waals surface area contributed by atoms with Gasteiger partial charge in [0.15, 0.2) is 0 Å². The number of anilines is 3. The molecule has 0 bridgehead atoms. The van der Waals surface area contributed by atoms with Gasteiger partial charge in [-0.1, -0.05) is 12.1 Å². The molecular weight excluding hydrogens is 364 g/mol. The summed E-state index contributed by atoms with van der Waals surface area (Å²) in [5.41, 5.74) is 2.86. The van der Waals surface area contributed by atoms with Crippen LogP contribution in [0, 0.1) is 0 Å². The Hall–Kier alpha value is -2.58. The number of fused-ring (bicyclic) bond motifs is 1. The molecule has 0 atom stereocenters. The molecule has 2 aliphatic heterocycles. The molecule has 8 heteroatoms. The predicted octanol–water partition coefficient (Wildman–Crippen LogP) is 0.317. The number of nitrogens with one attached hydrogen (secondary N) is 3. The van der Waals surface area contributed by atoms with Crippen molar-refractivity contribution in [2.45, 2.75) is 11.3 Å². The fraction of sp³-hybridized carbons (Fsp3) is 0.316. The Morgan fingerprint density at radius 1 is 1.11 bits per heavy atom. The molecule has 2 aromatic carbocycles. The van der Waals surface area contributed by atoms with Crippen molar-refractivity contribution in [3.8, 4) is 0 Å². The summed E-state index contributed by atoms with van der Waals surface area (Å²) in [6, 6.07) is 12.2. The lowest BCUT2D eigenvalue weighted by atomic mass is 10.2. The third-order valence-electron chi connectivity index (χ3n) is 5.12. The van der Waals surface area contributed by atoms with E-state index in [4.69, 9.17) is 0 Å². The van der Waals surface area contributed by atoms with E-state index in [-0.39, 0.29) is 17.2 Å². The highest BCUT2D eigenvalue weighted by atomic mass is 32.2. The second-order valence-corrected chi connectivity index (χ2v) is 8.79. The molecule has 3 N–H and O–H groups in total. The van der Waals surface area contributed by atoms with Crippen LogP contribution in [0.2, 0.25) is 0 Å². The Morgan fingerprint density at radius 2 is 1.85 bits per heavy atom. The second-order valence-electron chi connectivity index (χ2n) is 7.11. The first-order valence-corrected chi connectivity index (χ1v) is 10.5. The summed E-state index contributed by atoms with van der Waals surface area (Å²) in [6.45, 7) is 3.81. The van der Waals surface area contributed by atoms with Crippen LogP contribution in [-0.4, -0.2) is 47.6 Å². The zero-order valence-electron chi connectivity index (χ0n) is 15.2. The average molecular weight is 387 g/mol. The van der Waals surface area contributed by atoms with Gasteiger partial charge in [0.2, 0.25) is 5.91 Å². The van der Waals surface area contributed by atoms with Gasteiger partial charge in [0.25, 0.3) is 10.0 Å². The van der Waals surface area contributed by atoms with E-state index < -0.39 is 10.0 Å². The number of quaternary nitrogens is 1. The van der Waals surface area contributed by atoms with Crippen LogP contribution in [0.1, 0.15) is 5.56 Å². The van der Waals surface area contributed by atoms with Gasteiger partial charge >= 0.3 is 0 Å². The summed E-state index contributed by atoms with van der Waals surface area (Å²) in [5, 5.41) is 2.72. The lowest BCUT2D eigenvalue weighted by Crippen LogP contribution is -3.12. The first kappa shape index (κ1) is 17.8. The van der Waals surface area contributed by atoms with Crippen molar-refractivity contribution in [2.75, 3.05) is 48.2 Å². The number of nitrogens with zero attached hydrogens (tertiary/aromatic N) is 1. The Bertz CT molecular complexity index is 982. The second kappa shape index (κ2) is 6.86. The van der Waals surface area contributed by atoms with Gasteiger partial charge in [-0.25, -0.2) is 8.42 Å². The summed E-state index contributed by atoms with van der Waals surface area (Å²) in [4.78, 5) is 15.4. The van der Waals surface area contributed by atoms with Gasteiger partial charge in [0.1, 0.15) is 0 Å². The van der Waals surface area contributed by atoms with E-state index in [9.17, 15) is 13.2 Å². The molecule has 2 aromatic rings. The van der Waals surface area contributed by atoms with Crippen molar-refractivity contribution in [3.63, 3.8) is 0 Å². The number of amides is 1. The minimum atomic E-state index is -3.75. The molecule has 27 heavy (non-hydrogen) atoms. The molecule has 7 nitrogen and oxygen atoms in total. The molecular formula is C19H23N4O3S+. The fourth-order valence-electron chi connectivity index (χ4n) is 3.54. The number of carbonyl (C=O) groups is 1. The lowest BCUT2D eigenvalue weighted by Gasteiger charge is -2.33. The van der Waals surface area contributed by atoms with Crippen molar-refractivity contribution in [1.29, 1.82) is 0 Å². The van der Waals surface area contributed by atoms with Crippen LogP contribution in [0.15, 0.2) is 47.4 Å². The Balaban J connectivity index is 1.61. The highest BCUT2D eigenvalue weighted by Gasteiger charge is 2.24. The van der Waals surface area contributed by atoms with E-state index in [0.29, 0.717) is 16.9 Å². The Morgan fingerprint density at radius 3 is 2.63 bits per heavy atom. The van der Waals surface area contributed by atoms with E-state index in [1.54, 1.807) is 18.2 Å². The zero-order valence-corrected chi connectivity index (χ0v) is 16.0. The maximum absolute atomic E-state index is 12.9. The number of hydrogen-bond donors (Lipinski definition) is 3. The minimum Gasteiger partial charge on any atom is -0.359 e. The molecule has 1 amide bonds. The molecule has 142 valence electrons. The fourth-order valence-corrected chi connectivity index (χ4v) is 4.67. The summed E-state index contributed by atoms with van der Waals surface area (Å²) < 4.78 is 28.6. The summed E-state index contributed by atoms with van der Waals surface area (Å²) >= 11 is 0. The molecule has 0 aliphatic carbocycles. The number of carbonyl (C=O) groups excluding carboxylic acids is 1. The van der Waals surface area contributed by atoms with E-state index >= 15 is 0 Å². The number of para-hydroxylation sites is 2. The SMILES string of the molecule is C[NH+]1CCN(c2ccccc2NS(=O)(=O)c2ccc3c(c2)CC(=O)N3)CC1. The van der Waals surface area contributed by atoms with Crippen molar-refractivity contribution in [1.82, 2.24) is 0 Å². The topological polar surface area (TPSA) is 83.0 Å². The molecule has 1 fully saturated rings. The van der Waals surface area contributed by atoms with Crippen LogP contribution < -0.4 is 19.8 Å². The standard InChI is InChI=1S/C19H22N4O3S/c1-22-8-10-23(11-9-22)18-5-3-2-4-17(18)21-27(25,26)15-6-7-16-14(12-15)13-19(24)20-16/h2-7,12,21H,8-11,13H2,1H3,(H,20,24)/p+1. The number of hydrogen-bond acceptors (Lipinski definition) is 4. The molecule has 0 spiro atoms. The summed E-state index contributed by atoms with van der Waals surface area (Å²) in [7, 11) is -1.58. The molecule has 0 radical (unpaired) electrons. The zero-order chi connectivity index (χ0) is 19.0. The van der Waals surface area contributed by atoms with Gasteiger partial charge in [0, 0.05) is 5.69 Å². The molecule has 2 heterocycles. The van der Waals surface area contributed by atoms with Crippen LogP contribution >= 0.6 is 0 Å². The van der Waals surface area contributed by atoms with Crippen LogP contribution in [0.25, 0.3) is 0 Å². The van der Waals surface area contributed by atoms with Gasteiger partial charge in [-0.05, 0) is 35.9 Å². The summed E-state index contributed by atoms with van der Waals surface area (Å²) in [6.07, 6.45) is 0.207. The Kier molecular flexibility index (Phi) is 4.53. The van der Waals surface area contributed by atoms with Crippen LogP contribution in [0.5, 0.6) is 0 Å². The number of likely N-dealkylation sites (N-methyl/N-ethyl adjacent to an activating group) is 1. The third kappa shape index (κ3) is 3.63. The summed E-state index contributed by atoms with van der Waals surface area (Å²) in [5.74, 6) is -0.116. The third-order valence-corrected chi connectivity index (χ3v) is 6.48. The average Bonchev–Trinajstić information content (AvgIpc) is 3.02. The quantitative estimate of drug-likeness (QED) is 0.706. The highest BCUT2D eigenvalue weighted by molar-refractivity contribution is 7.92. The van der Waals surface area contributed by atoms with E-state index in [1.165, 1.54) is 11.0 Å². The normalized spacial score (nSPS) is 17.5. The predicted molar refractivity (Wildman–Crippen MR) is 105 cm³/mol. The highest BCUT2D eigenvalue weighted by Crippen LogP contribution is 2.30. The maximum atomic E-state index is 12.9. The van der Waals surface area contributed by atoms with E-state index in [2.05, 4.69) is 22.0 Å². The lowest BCUT2D eigenvalue weighted by molar-refractivity contribution is -0.880. The van der Waals surface area contributed by atoms with Gasteiger partial charge in [0.05, 0.1) is 55.9 Å². The van der Waals surface area contributed by atoms with Gasteiger partial charge < -0.3 is 15.1 Å². The molecule has 0 aromatic heterocycles. The van der Waals surface area contributed by atoms with Crippen LogP contribution in [-0.2, 0) is 21.2 Å². The largest absolute Gasteiger partial charge is 0.359 e. The molecule has 2 aliphatic rings. The Labute approximate surface area is 159 Å². The molecule has 1 saturated heterocycles. The smallest absolute Gasteiger partial charge is 0.261 e. The van der Waals surface area contributed by atoms with E-state index in [0.717, 1.165) is 31.9 Å². The maximum Gasteiger partial charge on any atom is 0.261 e. The number of piperazine rings is 1. The van der Waals surface area contributed by atoms with Gasteiger partial charge in [-0.2, -0.15) is 0 Å². The minimum absolute atomic E-state index is 0.116. The number of sulfonamides is 1. The number of rotatable bonds is 4. The van der Waals surface area contributed by atoms with Crippen LogP contribution in [0.3, 0.4) is 0 Å². The van der Waals surface area contributed by atoms with Crippen LogP contribution in [0.4, 0.5) is 17.1 Å². The first-order chi connectivity index (χ1) is 12.9. The van der Waals surface area contributed by atoms with Crippen molar-refractivity contribution < 1.29 is 18.1 Å². The van der Waals surface area contributed by atoms with Gasteiger partial charge in [-0.3, -0.25) is 9.52 Å². The van der Waals surface area contributed by atoms with Crippen molar-refractivity contribution >= 4 is 33.0 Å².